The topological polar surface area (TPSA) is 25.4 Å². The summed E-state index contributed by atoms with van der Waals surface area (Å²) in [6.45, 7) is 16.9. The molecular weight excluding hydrogens is 260 g/mol. The molecule has 2 heterocycles. The number of nitrogens with zero attached hydrogens (tertiary/aromatic N) is 2. The lowest BCUT2D eigenvalue weighted by molar-refractivity contribution is 0.0557. The zero-order valence-electron chi connectivity index (χ0n) is 14.6. The third-order valence-corrected chi connectivity index (χ3v) is 4.30. The van der Waals surface area contributed by atoms with Gasteiger partial charge in [0.2, 0.25) is 5.88 Å². The van der Waals surface area contributed by atoms with Crippen molar-refractivity contribution in [2.24, 2.45) is 5.41 Å². The van der Waals surface area contributed by atoms with Gasteiger partial charge >= 0.3 is 0 Å². The van der Waals surface area contributed by atoms with Crippen molar-refractivity contribution < 1.29 is 4.74 Å². The number of rotatable bonds is 2. The predicted molar refractivity (Wildman–Crippen MR) is 87.7 cm³/mol. The Hall–Kier alpha value is -1.09. The lowest BCUT2D eigenvalue weighted by atomic mass is 9.83. The van der Waals surface area contributed by atoms with Crippen LogP contribution < -0.4 is 4.74 Å². The van der Waals surface area contributed by atoms with E-state index in [1.807, 2.05) is 19.2 Å². The second kappa shape index (κ2) is 5.60. The number of likely N-dealkylation sites (tertiary alicyclic amines) is 1. The maximum Gasteiger partial charge on any atom is 0.213 e. The molecule has 118 valence electrons. The zero-order valence-corrected chi connectivity index (χ0v) is 14.6. The highest BCUT2D eigenvalue weighted by Gasteiger charge is 2.44. The molecule has 1 aliphatic rings. The van der Waals surface area contributed by atoms with Crippen molar-refractivity contribution in [2.75, 3.05) is 6.54 Å². The summed E-state index contributed by atoms with van der Waals surface area (Å²) in [5.41, 5.74) is 1.58. The number of pyridine rings is 1. The van der Waals surface area contributed by atoms with Gasteiger partial charge in [0.05, 0.1) is 0 Å². The molecule has 1 aliphatic heterocycles. The highest BCUT2D eigenvalue weighted by Crippen LogP contribution is 2.38. The van der Waals surface area contributed by atoms with E-state index < -0.39 is 0 Å². The SMILES string of the molecule is Cc1ccc(OC2CC(C(C)(C)C)N(C(C)(C)C)C2)nc1. The average molecular weight is 290 g/mol. The lowest BCUT2D eigenvalue weighted by Crippen LogP contribution is -2.49. The minimum absolute atomic E-state index is 0.163. The Morgan fingerprint density at radius 2 is 1.81 bits per heavy atom. The fourth-order valence-electron chi connectivity index (χ4n) is 3.14. The van der Waals surface area contributed by atoms with E-state index in [0.717, 1.165) is 24.4 Å². The summed E-state index contributed by atoms with van der Waals surface area (Å²) in [6, 6.07) is 4.56. The molecule has 2 atom stereocenters. The van der Waals surface area contributed by atoms with E-state index >= 15 is 0 Å². The molecule has 2 unspecified atom stereocenters. The molecule has 3 nitrogen and oxygen atoms in total. The van der Waals surface area contributed by atoms with Gasteiger partial charge in [-0.2, -0.15) is 0 Å². The molecule has 21 heavy (non-hydrogen) atoms. The predicted octanol–water partition coefficient (Wildman–Crippen LogP) is 4.06. The first-order chi connectivity index (χ1) is 9.57. The molecular formula is C18H30N2O. The van der Waals surface area contributed by atoms with Gasteiger partial charge in [-0.25, -0.2) is 4.98 Å². The lowest BCUT2D eigenvalue weighted by Gasteiger charge is -2.42. The van der Waals surface area contributed by atoms with Crippen LogP contribution in [0.2, 0.25) is 0 Å². The van der Waals surface area contributed by atoms with Crippen LogP contribution in [-0.4, -0.2) is 34.1 Å². The first-order valence-corrected chi connectivity index (χ1v) is 7.93. The molecule has 0 amide bonds. The molecule has 1 saturated heterocycles. The summed E-state index contributed by atoms with van der Waals surface area (Å²) in [5, 5.41) is 0. The first-order valence-electron chi connectivity index (χ1n) is 7.93. The van der Waals surface area contributed by atoms with Crippen LogP contribution in [0.4, 0.5) is 0 Å². The molecule has 1 fully saturated rings. The molecule has 0 aromatic carbocycles. The number of ether oxygens (including phenoxy) is 1. The Labute approximate surface area is 129 Å². The van der Waals surface area contributed by atoms with Crippen LogP contribution >= 0.6 is 0 Å². The van der Waals surface area contributed by atoms with Gasteiger partial charge in [0.25, 0.3) is 0 Å². The summed E-state index contributed by atoms with van der Waals surface area (Å²) in [7, 11) is 0. The summed E-state index contributed by atoms with van der Waals surface area (Å²) in [6.07, 6.45) is 3.16. The third kappa shape index (κ3) is 3.97. The minimum Gasteiger partial charge on any atom is -0.473 e. The van der Waals surface area contributed by atoms with Crippen LogP contribution in [-0.2, 0) is 0 Å². The van der Waals surface area contributed by atoms with E-state index in [1.165, 1.54) is 0 Å². The molecule has 0 saturated carbocycles. The number of hydrogen-bond donors (Lipinski definition) is 0. The van der Waals surface area contributed by atoms with Crippen LogP contribution in [0.25, 0.3) is 0 Å². The Kier molecular flexibility index (Phi) is 4.34. The molecule has 0 radical (unpaired) electrons. The fraction of sp³-hybridized carbons (Fsp3) is 0.722. The summed E-state index contributed by atoms with van der Waals surface area (Å²) in [5.74, 6) is 0.744. The Morgan fingerprint density at radius 1 is 1.14 bits per heavy atom. The quantitative estimate of drug-likeness (QED) is 0.821. The van der Waals surface area contributed by atoms with Gasteiger partial charge in [-0.3, -0.25) is 4.90 Å². The molecule has 3 heteroatoms. The standard InChI is InChI=1S/C18H30N2O/c1-13-8-9-16(19-11-13)21-14-10-15(17(2,3)4)20(12-14)18(5,6)7/h8-9,11,14-15H,10,12H2,1-7H3. The zero-order chi connectivity index (χ0) is 15.8. The van der Waals surface area contributed by atoms with Crippen molar-refractivity contribution in [3.05, 3.63) is 23.9 Å². The van der Waals surface area contributed by atoms with Gasteiger partial charge in [-0.1, -0.05) is 26.8 Å². The van der Waals surface area contributed by atoms with Crippen molar-refractivity contribution in [2.45, 2.75) is 72.6 Å². The van der Waals surface area contributed by atoms with Crippen LogP contribution in [0.5, 0.6) is 5.88 Å². The second-order valence-electron chi connectivity index (χ2n) is 8.35. The van der Waals surface area contributed by atoms with Gasteiger partial charge < -0.3 is 4.74 Å². The van der Waals surface area contributed by atoms with E-state index in [9.17, 15) is 0 Å². The van der Waals surface area contributed by atoms with Gasteiger partial charge in [-0.05, 0) is 38.7 Å². The normalized spacial score (nSPS) is 24.3. The Bertz CT molecular complexity index is 445. The average Bonchev–Trinajstić information content (AvgIpc) is 2.76. The molecule has 1 aromatic rings. The third-order valence-electron chi connectivity index (χ3n) is 4.30. The molecule has 0 bridgehead atoms. The summed E-state index contributed by atoms with van der Waals surface area (Å²) < 4.78 is 6.13. The van der Waals surface area contributed by atoms with Crippen molar-refractivity contribution >= 4 is 0 Å². The van der Waals surface area contributed by atoms with E-state index in [1.54, 1.807) is 0 Å². The Morgan fingerprint density at radius 3 is 2.24 bits per heavy atom. The second-order valence-corrected chi connectivity index (χ2v) is 8.35. The van der Waals surface area contributed by atoms with Crippen molar-refractivity contribution in [3.8, 4) is 5.88 Å². The molecule has 0 spiro atoms. The Balaban J connectivity index is 2.12. The maximum absolute atomic E-state index is 6.13. The fourth-order valence-corrected chi connectivity index (χ4v) is 3.14. The van der Waals surface area contributed by atoms with Crippen molar-refractivity contribution in [1.82, 2.24) is 9.88 Å². The van der Waals surface area contributed by atoms with E-state index in [0.29, 0.717) is 6.04 Å². The van der Waals surface area contributed by atoms with Crippen LogP contribution in [0, 0.1) is 12.3 Å². The number of aryl methyl sites for hydroxylation is 1. The van der Waals surface area contributed by atoms with Crippen molar-refractivity contribution in [3.63, 3.8) is 0 Å². The molecule has 1 aromatic heterocycles. The monoisotopic (exact) mass is 290 g/mol. The highest BCUT2D eigenvalue weighted by molar-refractivity contribution is 5.17. The van der Waals surface area contributed by atoms with Crippen molar-refractivity contribution in [1.29, 1.82) is 0 Å². The van der Waals surface area contributed by atoms with Crippen LogP contribution in [0.3, 0.4) is 0 Å². The van der Waals surface area contributed by atoms with Gasteiger partial charge in [-0.15, -0.1) is 0 Å². The number of aromatic nitrogens is 1. The largest absolute Gasteiger partial charge is 0.473 e. The van der Waals surface area contributed by atoms with Gasteiger partial charge in [0, 0.05) is 36.8 Å². The maximum atomic E-state index is 6.13. The van der Waals surface area contributed by atoms with Crippen LogP contribution in [0.1, 0.15) is 53.5 Å². The summed E-state index contributed by atoms with van der Waals surface area (Å²) in [4.78, 5) is 6.96. The van der Waals surface area contributed by atoms with E-state index in [2.05, 4.69) is 57.5 Å². The molecule has 0 aliphatic carbocycles. The number of hydrogen-bond acceptors (Lipinski definition) is 3. The van der Waals surface area contributed by atoms with Gasteiger partial charge in [0.1, 0.15) is 6.10 Å². The van der Waals surface area contributed by atoms with E-state index in [4.69, 9.17) is 4.74 Å². The smallest absolute Gasteiger partial charge is 0.213 e. The summed E-state index contributed by atoms with van der Waals surface area (Å²) >= 11 is 0. The molecule has 2 rings (SSSR count). The molecule has 0 N–H and O–H groups in total. The van der Waals surface area contributed by atoms with Gasteiger partial charge in [0.15, 0.2) is 0 Å². The van der Waals surface area contributed by atoms with E-state index in [-0.39, 0.29) is 17.1 Å². The first kappa shape index (κ1) is 16.3. The highest BCUT2D eigenvalue weighted by atomic mass is 16.5. The minimum atomic E-state index is 0.163. The van der Waals surface area contributed by atoms with Crippen LogP contribution in [0.15, 0.2) is 18.3 Å².